The number of rotatable bonds is 5. The molecule has 1 amide bonds. The van der Waals surface area contributed by atoms with Gasteiger partial charge in [-0.2, -0.15) is 0 Å². The minimum Gasteiger partial charge on any atom is -0.345 e. The SMILES string of the molecule is C[C@H]1C[C@@H](C(=O)N(C)CCCn2ccnc2)CCN1. The van der Waals surface area contributed by atoms with Gasteiger partial charge in [0.2, 0.25) is 5.91 Å². The number of hydrogen-bond acceptors (Lipinski definition) is 3. The van der Waals surface area contributed by atoms with Crippen molar-refractivity contribution in [3.8, 4) is 0 Å². The highest BCUT2D eigenvalue weighted by molar-refractivity contribution is 5.78. The van der Waals surface area contributed by atoms with E-state index in [0.717, 1.165) is 38.9 Å². The van der Waals surface area contributed by atoms with Crippen molar-refractivity contribution in [1.82, 2.24) is 19.8 Å². The van der Waals surface area contributed by atoms with E-state index in [-0.39, 0.29) is 5.92 Å². The van der Waals surface area contributed by atoms with Crippen LogP contribution >= 0.6 is 0 Å². The van der Waals surface area contributed by atoms with Gasteiger partial charge in [0.05, 0.1) is 6.33 Å². The van der Waals surface area contributed by atoms with E-state index in [4.69, 9.17) is 0 Å². The summed E-state index contributed by atoms with van der Waals surface area (Å²) in [5.41, 5.74) is 0. The van der Waals surface area contributed by atoms with Crippen LogP contribution < -0.4 is 5.32 Å². The molecule has 0 aromatic carbocycles. The molecule has 0 radical (unpaired) electrons. The molecule has 2 atom stereocenters. The molecule has 0 unspecified atom stereocenters. The van der Waals surface area contributed by atoms with Crippen LogP contribution in [0.25, 0.3) is 0 Å². The Hall–Kier alpha value is -1.36. The van der Waals surface area contributed by atoms with Crippen LogP contribution in [0.15, 0.2) is 18.7 Å². The predicted octanol–water partition coefficient (Wildman–Crippen LogP) is 1.12. The summed E-state index contributed by atoms with van der Waals surface area (Å²) in [6.45, 7) is 4.84. The van der Waals surface area contributed by atoms with E-state index in [1.165, 1.54) is 0 Å². The minimum atomic E-state index is 0.203. The van der Waals surface area contributed by atoms with Crippen molar-refractivity contribution in [3.05, 3.63) is 18.7 Å². The Kier molecular flexibility index (Phi) is 4.96. The maximum absolute atomic E-state index is 12.3. The second kappa shape index (κ2) is 6.70. The number of aromatic nitrogens is 2. The average molecular weight is 264 g/mol. The number of carbonyl (C=O) groups excluding carboxylic acids is 1. The normalized spacial score (nSPS) is 23.3. The van der Waals surface area contributed by atoms with Crippen LogP contribution in [0.2, 0.25) is 0 Å². The zero-order valence-electron chi connectivity index (χ0n) is 11.9. The van der Waals surface area contributed by atoms with Gasteiger partial charge in [-0.25, -0.2) is 4.98 Å². The monoisotopic (exact) mass is 264 g/mol. The van der Waals surface area contributed by atoms with Gasteiger partial charge in [0.1, 0.15) is 0 Å². The molecule has 1 aromatic rings. The molecule has 1 aliphatic rings. The van der Waals surface area contributed by atoms with E-state index < -0.39 is 0 Å². The molecule has 5 nitrogen and oxygen atoms in total. The summed E-state index contributed by atoms with van der Waals surface area (Å²) in [4.78, 5) is 18.2. The molecule has 2 rings (SSSR count). The van der Waals surface area contributed by atoms with E-state index in [1.54, 1.807) is 6.20 Å². The van der Waals surface area contributed by atoms with E-state index in [1.807, 2.05) is 29.0 Å². The molecule has 5 heteroatoms. The number of carbonyl (C=O) groups is 1. The zero-order chi connectivity index (χ0) is 13.7. The molecule has 1 aliphatic heterocycles. The van der Waals surface area contributed by atoms with Gasteiger partial charge in [-0.05, 0) is 32.7 Å². The smallest absolute Gasteiger partial charge is 0.225 e. The first-order valence-electron chi connectivity index (χ1n) is 7.11. The largest absolute Gasteiger partial charge is 0.345 e. The quantitative estimate of drug-likeness (QED) is 0.867. The lowest BCUT2D eigenvalue weighted by Crippen LogP contribution is -2.43. The van der Waals surface area contributed by atoms with E-state index in [9.17, 15) is 4.79 Å². The Labute approximate surface area is 115 Å². The number of piperidine rings is 1. The summed E-state index contributed by atoms with van der Waals surface area (Å²) in [7, 11) is 1.92. The van der Waals surface area contributed by atoms with Gasteiger partial charge in [-0.1, -0.05) is 0 Å². The molecular weight excluding hydrogens is 240 g/mol. The maximum atomic E-state index is 12.3. The van der Waals surface area contributed by atoms with Crippen LogP contribution in [0.1, 0.15) is 26.2 Å². The number of amides is 1. The number of nitrogens with zero attached hydrogens (tertiary/aromatic N) is 3. The first-order valence-corrected chi connectivity index (χ1v) is 7.11. The van der Waals surface area contributed by atoms with Gasteiger partial charge in [-0.3, -0.25) is 4.79 Å². The van der Waals surface area contributed by atoms with Crippen molar-refractivity contribution in [3.63, 3.8) is 0 Å². The summed E-state index contributed by atoms with van der Waals surface area (Å²) >= 11 is 0. The van der Waals surface area contributed by atoms with Crippen LogP contribution in [0, 0.1) is 5.92 Å². The second-order valence-electron chi connectivity index (χ2n) is 5.49. The molecule has 1 aromatic heterocycles. The van der Waals surface area contributed by atoms with Crippen molar-refractivity contribution in [2.45, 2.75) is 38.8 Å². The molecule has 0 spiro atoms. The van der Waals surface area contributed by atoms with Crippen LogP contribution in [-0.2, 0) is 11.3 Å². The first-order chi connectivity index (χ1) is 9.16. The molecule has 0 aliphatic carbocycles. The van der Waals surface area contributed by atoms with Gasteiger partial charge in [0.15, 0.2) is 0 Å². The molecule has 1 N–H and O–H groups in total. The summed E-state index contributed by atoms with van der Waals surface area (Å²) < 4.78 is 2.05. The Morgan fingerprint density at radius 2 is 2.42 bits per heavy atom. The summed E-state index contributed by atoms with van der Waals surface area (Å²) in [6.07, 6.45) is 8.46. The second-order valence-corrected chi connectivity index (χ2v) is 5.49. The van der Waals surface area contributed by atoms with Crippen molar-refractivity contribution >= 4 is 5.91 Å². The van der Waals surface area contributed by atoms with Crippen LogP contribution in [0.4, 0.5) is 0 Å². The van der Waals surface area contributed by atoms with Gasteiger partial charge in [0, 0.05) is 44.5 Å². The van der Waals surface area contributed by atoms with Crippen molar-refractivity contribution in [2.24, 2.45) is 5.92 Å². The van der Waals surface area contributed by atoms with E-state index in [2.05, 4.69) is 17.2 Å². The van der Waals surface area contributed by atoms with Crippen molar-refractivity contribution < 1.29 is 4.79 Å². The van der Waals surface area contributed by atoms with Crippen molar-refractivity contribution in [2.75, 3.05) is 20.1 Å². The number of imidazole rings is 1. The standard InChI is InChI=1S/C14H24N4O/c1-12-10-13(4-5-16-12)14(19)17(2)7-3-8-18-9-6-15-11-18/h6,9,11-13,16H,3-5,7-8,10H2,1-2H3/t12-,13-/m0/s1. The van der Waals surface area contributed by atoms with Gasteiger partial charge >= 0.3 is 0 Å². The molecule has 19 heavy (non-hydrogen) atoms. The lowest BCUT2D eigenvalue weighted by Gasteiger charge is -2.30. The molecule has 0 bridgehead atoms. The van der Waals surface area contributed by atoms with Crippen LogP contribution in [0.5, 0.6) is 0 Å². The Bertz CT molecular complexity index is 390. The van der Waals surface area contributed by atoms with E-state index in [0.29, 0.717) is 11.9 Å². The van der Waals surface area contributed by atoms with Gasteiger partial charge in [0.25, 0.3) is 0 Å². The molecule has 106 valence electrons. The highest BCUT2D eigenvalue weighted by Gasteiger charge is 2.26. The minimum absolute atomic E-state index is 0.203. The Balaban J connectivity index is 1.72. The fraction of sp³-hybridized carbons (Fsp3) is 0.714. The topological polar surface area (TPSA) is 50.2 Å². The third-order valence-corrected chi connectivity index (χ3v) is 3.82. The Morgan fingerprint density at radius 3 is 3.11 bits per heavy atom. The van der Waals surface area contributed by atoms with Gasteiger partial charge in [-0.15, -0.1) is 0 Å². The first kappa shape index (κ1) is 14.1. The fourth-order valence-electron chi connectivity index (χ4n) is 2.69. The highest BCUT2D eigenvalue weighted by atomic mass is 16.2. The number of hydrogen-bond donors (Lipinski definition) is 1. The van der Waals surface area contributed by atoms with Crippen LogP contribution in [-0.4, -0.2) is 46.5 Å². The average Bonchev–Trinajstić information content (AvgIpc) is 2.91. The Morgan fingerprint density at radius 1 is 1.58 bits per heavy atom. The van der Waals surface area contributed by atoms with Gasteiger partial charge < -0.3 is 14.8 Å². The summed E-state index contributed by atoms with van der Waals surface area (Å²) in [6, 6.07) is 0.460. The maximum Gasteiger partial charge on any atom is 0.225 e. The third kappa shape index (κ3) is 4.06. The molecule has 0 saturated carbocycles. The lowest BCUT2D eigenvalue weighted by atomic mass is 9.92. The zero-order valence-corrected chi connectivity index (χ0v) is 11.9. The molecule has 1 fully saturated rings. The number of nitrogens with one attached hydrogen (secondary N) is 1. The predicted molar refractivity (Wildman–Crippen MR) is 74.7 cm³/mol. The number of aryl methyl sites for hydroxylation is 1. The van der Waals surface area contributed by atoms with Crippen molar-refractivity contribution in [1.29, 1.82) is 0 Å². The van der Waals surface area contributed by atoms with Crippen LogP contribution in [0.3, 0.4) is 0 Å². The fourth-order valence-corrected chi connectivity index (χ4v) is 2.69. The molecular formula is C14H24N4O. The lowest BCUT2D eigenvalue weighted by molar-refractivity contribution is -0.135. The molecule has 2 heterocycles. The highest BCUT2D eigenvalue weighted by Crippen LogP contribution is 2.18. The summed E-state index contributed by atoms with van der Waals surface area (Å²) in [5, 5.41) is 3.39. The molecule has 1 saturated heterocycles. The van der Waals surface area contributed by atoms with E-state index >= 15 is 0 Å². The third-order valence-electron chi connectivity index (χ3n) is 3.82. The summed E-state index contributed by atoms with van der Waals surface area (Å²) in [5.74, 6) is 0.508.